The van der Waals surface area contributed by atoms with E-state index in [9.17, 15) is 34.4 Å². The number of hydrogen-bond acceptors (Lipinski definition) is 10. The van der Waals surface area contributed by atoms with Crippen LogP contribution in [0.2, 0.25) is 0 Å². The van der Waals surface area contributed by atoms with E-state index in [-0.39, 0.29) is 37.9 Å². The summed E-state index contributed by atoms with van der Waals surface area (Å²) in [6.45, 7) is 4.01. The molecule has 0 aromatic rings. The monoisotopic (exact) mass is 911 g/mol. The first-order valence-corrected chi connectivity index (χ1v) is 25.8. The summed E-state index contributed by atoms with van der Waals surface area (Å²) in [5, 5.41) is 31.5. The third-order valence-electron chi connectivity index (χ3n) is 11.1. The largest absolute Gasteiger partial charge is 0.472 e. The highest BCUT2D eigenvalue weighted by Gasteiger charge is 2.39. The number of quaternary nitrogens is 1. The van der Waals surface area contributed by atoms with Gasteiger partial charge >= 0.3 is 19.8 Å². The lowest BCUT2D eigenvalue weighted by molar-refractivity contribution is -0.870. The van der Waals surface area contributed by atoms with E-state index in [0.717, 1.165) is 83.5 Å². The number of carbonyl (C=O) groups is 2. The van der Waals surface area contributed by atoms with Crippen molar-refractivity contribution in [1.82, 2.24) is 0 Å². The number of allylic oxidation sites excluding steroid dienone is 8. The van der Waals surface area contributed by atoms with Crippen LogP contribution in [0.15, 0.2) is 60.8 Å². The van der Waals surface area contributed by atoms with E-state index in [1.807, 2.05) is 27.2 Å². The van der Waals surface area contributed by atoms with Gasteiger partial charge in [0.25, 0.3) is 0 Å². The number of phosphoric ester groups is 1. The van der Waals surface area contributed by atoms with Crippen LogP contribution >= 0.6 is 7.82 Å². The zero-order valence-electron chi connectivity index (χ0n) is 39.9. The van der Waals surface area contributed by atoms with Crippen molar-refractivity contribution in [2.24, 2.45) is 11.8 Å². The van der Waals surface area contributed by atoms with Gasteiger partial charge in [-0.15, -0.1) is 0 Å². The number of hydrogen-bond donors (Lipinski definition) is 4. The van der Waals surface area contributed by atoms with Gasteiger partial charge in [-0.3, -0.25) is 18.6 Å². The average molecular weight is 911 g/mol. The Hall–Kier alpha value is -2.41. The van der Waals surface area contributed by atoms with Crippen LogP contribution < -0.4 is 0 Å². The first kappa shape index (κ1) is 58.6. The number of aliphatic hydroxyl groups is 3. The van der Waals surface area contributed by atoms with Gasteiger partial charge in [0.1, 0.15) is 19.8 Å². The number of rotatable bonds is 39. The van der Waals surface area contributed by atoms with Crippen molar-refractivity contribution in [2.45, 2.75) is 186 Å². The summed E-state index contributed by atoms with van der Waals surface area (Å²) >= 11 is 0. The standard InChI is InChI=1S/C50H88NO11P/c1-6-8-10-11-12-13-14-15-16-17-18-19-20-21-22-23-24-25-31-35-50(56)62-44(42-61-63(57,58)60-39-38-51(3,4)5)41-59-49(55)34-30-27-26-29-33-45-46(48(54)40-47(45)53)37-36-43(52)32-28-9-7-2/h12-13,15-16,18-19,21-22,36-37,43-48,52-54H,6-11,14,17,20,23-35,38-42H2,1-5H3/p+1/b13-12-,16-15-,19-18-,22-21-,37-36+/t43-,44+,45+,46+,47-,48+/m0/s1. The topological polar surface area (TPSA) is 169 Å². The molecule has 4 N–H and O–H groups in total. The fraction of sp³-hybridized carbons (Fsp3) is 0.760. The van der Waals surface area contributed by atoms with Crippen molar-refractivity contribution < 1.29 is 57.4 Å². The van der Waals surface area contributed by atoms with Crippen molar-refractivity contribution in [3.05, 3.63) is 60.8 Å². The molecule has 1 rings (SSSR count). The lowest BCUT2D eigenvalue weighted by Gasteiger charge is -2.24. The van der Waals surface area contributed by atoms with Gasteiger partial charge in [0.05, 0.1) is 46.1 Å². The molecule has 0 saturated heterocycles. The van der Waals surface area contributed by atoms with E-state index in [2.05, 4.69) is 62.5 Å². The van der Waals surface area contributed by atoms with Gasteiger partial charge in [0, 0.05) is 25.2 Å². The number of aliphatic hydroxyl groups excluding tert-OH is 3. The Bertz CT molecular complexity index is 1370. The van der Waals surface area contributed by atoms with Gasteiger partial charge in [0.15, 0.2) is 6.10 Å². The highest BCUT2D eigenvalue weighted by Crippen LogP contribution is 2.43. The Labute approximate surface area is 382 Å². The van der Waals surface area contributed by atoms with Crippen LogP contribution in [0.25, 0.3) is 0 Å². The van der Waals surface area contributed by atoms with Gasteiger partial charge in [-0.25, -0.2) is 4.57 Å². The second kappa shape index (κ2) is 36.8. The first-order chi connectivity index (χ1) is 30.2. The van der Waals surface area contributed by atoms with Gasteiger partial charge in [-0.1, -0.05) is 132 Å². The van der Waals surface area contributed by atoms with E-state index in [1.165, 1.54) is 25.7 Å². The molecule has 0 aromatic heterocycles. The minimum absolute atomic E-state index is 0.0120. The zero-order chi connectivity index (χ0) is 46.6. The third-order valence-corrected chi connectivity index (χ3v) is 12.1. The van der Waals surface area contributed by atoms with Gasteiger partial charge < -0.3 is 34.2 Å². The molecule has 0 bridgehead atoms. The van der Waals surface area contributed by atoms with Crippen LogP contribution in [0.4, 0.5) is 0 Å². The Morgan fingerprint density at radius 1 is 0.698 bits per heavy atom. The summed E-state index contributed by atoms with van der Waals surface area (Å²) in [6, 6.07) is 0. The first-order valence-electron chi connectivity index (χ1n) is 24.3. The Morgan fingerprint density at radius 3 is 1.87 bits per heavy atom. The van der Waals surface area contributed by atoms with Crippen molar-refractivity contribution in [1.29, 1.82) is 0 Å². The number of ether oxygens (including phenoxy) is 2. The van der Waals surface area contributed by atoms with Crippen molar-refractivity contribution in [3.63, 3.8) is 0 Å². The van der Waals surface area contributed by atoms with Crippen LogP contribution in [0.5, 0.6) is 0 Å². The van der Waals surface area contributed by atoms with Gasteiger partial charge in [-0.2, -0.15) is 0 Å². The average Bonchev–Trinajstić information content (AvgIpc) is 3.50. The Kier molecular flexibility index (Phi) is 34.2. The highest BCUT2D eigenvalue weighted by molar-refractivity contribution is 7.47. The van der Waals surface area contributed by atoms with Crippen molar-refractivity contribution in [3.8, 4) is 0 Å². The minimum Gasteiger partial charge on any atom is -0.462 e. The second-order valence-corrected chi connectivity index (χ2v) is 19.6. The molecule has 63 heavy (non-hydrogen) atoms. The smallest absolute Gasteiger partial charge is 0.462 e. The minimum atomic E-state index is -4.44. The molecule has 0 heterocycles. The summed E-state index contributed by atoms with van der Waals surface area (Å²) in [4.78, 5) is 35.7. The lowest BCUT2D eigenvalue weighted by atomic mass is 9.88. The summed E-state index contributed by atoms with van der Waals surface area (Å²) in [6.07, 6.45) is 37.6. The predicted molar refractivity (Wildman–Crippen MR) is 254 cm³/mol. The summed E-state index contributed by atoms with van der Waals surface area (Å²) < 4.78 is 34.3. The molecule has 1 saturated carbocycles. The third kappa shape index (κ3) is 33.7. The van der Waals surface area contributed by atoms with Crippen LogP contribution in [0.1, 0.15) is 162 Å². The van der Waals surface area contributed by atoms with Crippen molar-refractivity contribution >= 4 is 19.8 Å². The number of esters is 2. The second-order valence-electron chi connectivity index (χ2n) is 18.1. The maximum absolute atomic E-state index is 12.8. The molecule has 364 valence electrons. The molecular formula is C50H89NO11P+. The maximum atomic E-state index is 12.8. The molecule has 0 spiro atoms. The van der Waals surface area contributed by atoms with Crippen LogP contribution in [0.3, 0.4) is 0 Å². The summed E-state index contributed by atoms with van der Waals surface area (Å²) in [5.74, 6) is -1.26. The van der Waals surface area contributed by atoms with E-state index >= 15 is 0 Å². The zero-order valence-corrected chi connectivity index (χ0v) is 40.8. The van der Waals surface area contributed by atoms with E-state index in [4.69, 9.17) is 18.5 Å². The molecule has 0 aromatic carbocycles. The van der Waals surface area contributed by atoms with E-state index in [0.29, 0.717) is 36.7 Å². The van der Waals surface area contributed by atoms with E-state index in [1.54, 1.807) is 6.08 Å². The summed E-state index contributed by atoms with van der Waals surface area (Å²) in [5.41, 5.74) is 0. The summed E-state index contributed by atoms with van der Waals surface area (Å²) in [7, 11) is 1.33. The number of likely N-dealkylation sites (N-methyl/N-ethyl adjacent to an activating group) is 1. The molecule has 1 aliphatic rings. The van der Waals surface area contributed by atoms with Gasteiger partial charge in [-0.05, 0) is 76.5 Å². The molecule has 1 aliphatic carbocycles. The van der Waals surface area contributed by atoms with Crippen molar-refractivity contribution in [2.75, 3.05) is 47.5 Å². The number of nitrogens with zero attached hydrogens (tertiary/aromatic N) is 1. The van der Waals surface area contributed by atoms with Crippen LogP contribution in [0, 0.1) is 11.8 Å². The van der Waals surface area contributed by atoms with Gasteiger partial charge in [0.2, 0.25) is 0 Å². The fourth-order valence-corrected chi connectivity index (χ4v) is 8.01. The van der Waals surface area contributed by atoms with E-state index < -0.39 is 50.8 Å². The molecular weight excluding hydrogens is 822 g/mol. The fourth-order valence-electron chi connectivity index (χ4n) is 7.27. The maximum Gasteiger partial charge on any atom is 0.472 e. The molecule has 1 fully saturated rings. The molecule has 0 aliphatic heterocycles. The molecule has 1 unspecified atom stereocenters. The lowest BCUT2D eigenvalue weighted by Crippen LogP contribution is -2.37. The SMILES string of the molecule is CCCCC/C=C\C/C=C\C/C=C\C/C=C\CCCCCC(=O)O[C@H](COC(=O)CCCCCC[C@@H]1[C@@H](/C=C/[C@@H](O)CCCCC)[C@H](O)C[C@@H]1O)COP(=O)(O)OCC[N+](C)(C)C. The predicted octanol–water partition coefficient (Wildman–Crippen LogP) is 10.4. The Morgan fingerprint density at radius 2 is 1.25 bits per heavy atom. The molecule has 12 nitrogen and oxygen atoms in total. The Balaban J connectivity index is 2.46. The number of unbranched alkanes of at least 4 members (excludes halogenated alkanes) is 11. The molecule has 0 radical (unpaired) electrons. The van der Waals surface area contributed by atoms with Crippen LogP contribution in [-0.2, 0) is 32.7 Å². The highest BCUT2D eigenvalue weighted by atomic mass is 31.2. The van der Waals surface area contributed by atoms with Crippen LogP contribution in [-0.4, -0.2) is 109 Å². The number of carbonyl (C=O) groups excluding carboxylic acids is 2. The molecule has 7 atom stereocenters. The number of phosphoric acid groups is 1. The molecule has 0 amide bonds. The molecule has 13 heteroatoms. The quantitative estimate of drug-likeness (QED) is 0.0152. The normalized spacial score (nSPS) is 20.5.